The molecule has 2 heteroatoms. The maximum absolute atomic E-state index is 3.69. The van der Waals surface area contributed by atoms with Gasteiger partial charge in [0.1, 0.15) is 0 Å². The summed E-state index contributed by atoms with van der Waals surface area (Å²) in [5.74, 6) is 0.709. The molecule has 1 aromatic heterocycles. The molecule has 1 aliphatic rings. The first-order valence-electron chi connectivity index (χ1n) is 7.09. The molecule has 2 atom stereocenters. The van der Waals surface area contributed by atoms with E-state index >= 15 is 0 Å². The van der Waals surface area contributed by atoms with Gasteiger partial charge in [0.15, 0.2) is 0 Å². The molecule has 3 rings (SSSR count). The van der Waals surface area contributed by atoms with Gasteiger partial charge in [-0.1, -0.05) is 38.0 Å². The van der Waals surface area contributed by atoms with Crippen molar-refractivity contribution >= 4 is 21.4 Å². The Morgan fingerprint density at radius 3 is 3.00 bits per heavy atom. The number of benzene rings is 1. The van der Waals surface area contributed by atoms with E-state index in [0.717, 1.165) is 6.54 Å². The smallest absolute Gasteiger partial charge is 0.0378 e. The minimum absolute atomic E-state index is 0.677. The third-order valence-electron chi connectivity index (χ3n) is 4.14. The van der Waals surface area contributed by atoms with Crippen LogP contribution in [0.3, 0.4) is 0 Å². The van der Waals surface area contributed by atoms with Crippen molar-refractivity contribution in [2.24, 2.45) is 0 Å². The quantitative estimate of drug-likeness (QED) is 0.853. The van der Waals surface area contributed by atoms with Gasteiger partial charge in [0.05, 0.1) is 0 Å². The summed E-state index contributed by atoms with van der Waals surface area (Å²) in [5, 5.41) is 7.33. The first-order chi connectivity index (χ1) is 8.90. The number of rotatable bonds is 3. The standard InChI is InChI=1S/C16H21NS/c1-2-17-15-9-4-3-7-13(15)14-8-5-6-12-10-11-18-16(12)14/h5-6,8,10-11,13,15,17H,2-4,7,9H2,1H3. The largest absolute Gasteiger partial charge is 0.314 e. The van der Waals surface area contributed by atoms with Crippen molar-refractivity contribution in [1.29, 1.82) is 0 Å². The van der Waals surface area contributed by atoms with Crippen molar-refractivity contribution < 1.29 is 0 Å². The first kappa shape index (κ1) is 12.2. The summed E-state index contributed by atoms with van der Waals surface area (Å²) in [6.45, 7) is 3.30. The van der Waals surface area contributed by atoms with E-state index in [9.17, 15) is 0 Å². The van der Waals surface area contributed by atoms with Crippen molar-refractivity contribution in [3.05, 3.63) is 35.2 Å². The van der Waals surface area contributed by atoms with Crippen LogP contribution in [0.2, 0.25) is 0 Å². The number of nitrogens with one attached hydrogen (secondary N) is 1. The van der Waals surface area contributed by atoms with E-state index in [1.807, 2.05) is 11.3 Å². The number of likely N-dealkylation sites (N-methyl/N-ethyl adjacent to an activating group) is 1. The maximum atomic E-state index is 3.69. The van der Waals surface area contributed by atoms with Gasteiger partial charge in [-0.15, -0.1) is 11.3 Å². The summed E-state index contributed by atoms with van der Waals surface area (Å²) in [6.07, 6.45) is 5.44. The van der Waals surface area contributed by atoms with E-state index in [-0.39, 0.29) is 0 Å². The highest BCUT2D eigenvalue weighted by atomic mass is 32.1. The van der Waals surface area contributed by atoms with Gasteiger partial charge in [-0.3, -0.25) is 0 Å². The lowest BCUT2D eigenvalue weighted by Crippen LogP contribution is -2.37. The van der Waals surface area contributed by atoms with Gasteiger partial charge < -0.3 is 5.32 Å². The van der Waals surface area contributed by atoms with E-state index in [1.54, 1.807) is 5.56 Å². The van der Waals surface area contributed by atoms with E-state index in [0.29, 0.717) is 12.0 Å². The number of thiophene rings is 1. The molecule has 0 radical (unpaired) electrons. The molecule has 2 unspecified atom stereocenters. The average molecular weight is 259 g/mol. The molecule has 1 nitrogen and oxygen atoms in total. The topological polar surface area (TPSA) is 12.0 Å². The van der Waals surface area contributed by atoms with E-state index < -0.39 is 0 Å². The van der Waals surface area contributed by atoms with Gasteiger partial charge in [-0.25, -0.2) is 0 Å². The Hall–Kier alpha value is -0.860. The first-order valence-corrected chi connectivity index (χ1v) is 7.97. The lowest BCUT2D eigenvalue weighted by molar-refractivity contribution is 0.334. The van der Waals surface area contributed by atoms with Crippen molar-refractivity contribution in [3.63, 3.8) is 0 Å². The zero-order valence-electron chi connectivity index (χ0n) is 11.0. The van der Waals surface area contributed by atoms with E-state index in [4.69, 9.17) is 0 Å². The molecule has 96 valence electrons. The molecule has 0 bridgehead atoms. The maximum Gasteiger partial charge on any atom is 0.0378 e. The summed E-state index contributed by atoms with van der Waals surface area (Å²) >= 11 is 1.90. The van der Waals surface area contributed by atoms with Crippen LogP contribution in [0.25, 0.3) is 10.1 Å². The molecule has 1 saturated carbocycles. The van der Waals surface area contributed by atoms with Gasteiger partial charge in [-0.2, -0.15) is 0 Å². The normalized spacial score (nSPS) is 24.5. The molecule has 18 heavy (non-hydrogen) atoms. The van der Waals surface area contributed by atoms with Crippen LogP contribution in [0.4, 0.5) is 0 Å². The summed E-state index contributed by atoms with van der Waals surface area (Å²) < 4.78 is 1.51. The predicted octanol–water partition coefficient (Wildman–Crippen LogP) is 4.54. The Morgan fingerprint density at radius 2 is 2.11 bits per heavy atom. The van der Waals surface area contributed by atoms with Gasteiger partial charge in [-0.05, 0) is 41.8 Å². The molecule has 2 aromatic rings. The molecular weight excluding hydrogens is 238 g/mol. The fourth-order valence-electron chi connectivity index (χ4n) is 3.32. The van der Waals surface area contributed by atoms with Crippen LogP contribution in [-0.2, 0) is 0 Å². The Labute approximate surface area is 113 Å². The van der Waals surface area contributed by atoms with Crippen molar-refractivity contribution in [3.8, 4) is 0 Å². The fourth-order valence-corrected chi connectivity index (χ4v) is 4.30. The highest BCUT2D eigenvalue weighted by Crippen LogP contribution is 2.38. The molecule has 1 aromatic carbocycles. The van der Waals surface area contributed by atoms with Crippen LogP contribution < -0.4 is 5.32 Å². The third kappa shape index (κ3) is 2.19. The molecule has 1 fully saturated rings. The van der Waals surface area contributed by atoms with Crippen LogP contribution in [0.15, 0.2) is 29.6 Å². The zero-order chi connectivity index (χ0) is 12.4. The Morgan fingerprint density at radius 1 is 1.22 bits per heavy atom. The molecule has 1 N–H and O–H groups in total. The van der Waals surface area contributed by atoms with Crippen LogP contribution in [-0.4, -0.2) is 12.6 Å². The van der Waals surface area contributed by atoms with E-state index in [2.05, 4.69) is 41.9 Å². The predicted molar refractivity (Wildman–Crippen MR) is 80.5 cm³/mol. The monoisotopic (exact) mass is 259 g/mol. The fraction of sp³-hybridized carbons (Fsp3) is 0.500. The highest BCUT2D eigenvalue weighted by molar-refractivity contribution is 7.17. The van der Waals surface area contributed by atoms with Gasteiger partial charge in [0.25, 0.3) is 0 Å². The second-order valence-corrected chi connectivity index (χ2v) is 6.16. The SMILES string of the molecule is CCNC1CCCCC1c1cccc2ccsc12. The Balaban J connectivity index is 1.98. The van der Waals surface area contributed by atoms with Crippen molar-refractivity contribution in [2.45, 2.75) is 44.6 Å². The summed E-state index contributed by atoms with van der Waals surface area (Å²) in [6, 6.07) is 9.73. The van der Waals surface area contributed by atoms with E-state index in [1.165, 1.54) is 35.8 Å². The highest BCUT2D eigenvalue weighted by Gasteiger charge is 2.27. The number of hydrogen-bond donors (Lipinski definition) is 1. The molecule has 1 aliphatic carbocycles. The lowest BCUT2D eigenvalue weighted by atomic mass is 9.79. The molecule has 0 spiro atoms. The second kappa shape index (κ2) is 5.41. The van der Waals surface area contributed by atoms with Gasteiger partial charge in [0.2, 0.25) is 0 Å². The van der Waals surface area contributed by atoms with Crippen LogP contribution >= 0.6 is 11.3 Å². The second-order valence-electron chi connectivity index (χ2n) is 5.24. The van der Waals surface area contributed by atoms with Crippen molar-refractivity contribution in [2.75, 3.05) is 6.54 Å². The molecular formula is C16H21NS. The van der Waals surface area contributed by atoms with Crippen LogP contribution in [0.1, 0.15) is 44.1 Å². The molecule has 1 heterocycles. The summed E-state index contributed by atoms with van der Waals surface area (Å²) in [7, 11) is 0. The summed E-state index contributed by atoms with van der Waals surface area (Å²) in [5.41, 5.74) is 1.58. The number of hydrogen-bond acceptors (Lipinski definition) is 2. The van der Waals surface area contributed by atoms with Gasteiger partial charge >= 0.3 is 0 Å². The zero-order valence-corrected chi connectivity index (χ0v) is 11.8. The minimum Gasteiger partial charge on any atom is -0.314 e. The lowest BCUT2D eigenvalue weighted by Gasteiger charge is -2.32. The van der Waals surface area contributed by atoms with Crippen LogP contribution in [0, 0.1) is 0 Å². The van der Waals surface area contributed by atoms with Gasteiger partial charge in [0, 0.05) is 16.7 Å². The summed E-state index contributed by atoms with van der Waals surface area (Å²) in [4.78, 5) is 0. The Bertz CT molecular complexity index is 515. The number of fused-ring (bicyclic) bond motifs is 1. The average Bonchev–Trinajstić information content (AvgIpc) is 2.88. The van der Waals surface area contributed by atoms with Crippen LogP contribution in [0.5, 0.6) is 0 Å². The Kier molecular flexibility index (Phi) is 3.67. The third-order valence-corrected chi connectivity index (χ3v) is 5.12. The molecule has 0 saturated heterocycles. The molecule has 0 aliphatic heterocycles. The minimum atomic E-state index is 0.677. The van der Waals surface area contributed by atoms with Crippen molar-refractivity contribution in [1.82, 2.24) is 5.32 Å². The molecule has 0 amide bonds.